The standard InChI is InChI=1S/C18H38N4O4.HI/c1-14(2)15(22-17(23)26-18(3,4)5)13-21-16(19-6)20-9-8-10-25-12-11-24-7;/h14-15H,8-13H2,1-7H3,(H,22,23)(H2,19,20,21);1H. The molecule has 0 radical (unpaired) electrons. The van der Waals surface area contributed by atoms with Gasteiger partial charge in [0, 0.05) is 33.9 Å². The summed E-state index contributed by atoms with van der Waals surface area (Å²) in [5, 5.41) is 9.38. The van der Waals surface area contributed by atoms with Crippen LogP contribution < -0.4 is 16.0 Å². The molecule has 0 bridgehead atoms. The maximum Gasteiger partial charge on any atom is 0.407 e. The number of hydrogen-bond acceptors (Lipinski definition) is 5. The number of amides is 1. The Bertz CT molecular complexity index is 415. The second-order valence-corrected chi connectivity index (χ2v) is 7.34. The van der Waals surface area contributed by atoms with Crippen LogP contribution in [0.2, 0.25) is 0 Å². The van der Waals surface area contributed by atoms with Gasteiger partial charge in [0.25, 0.3) is 0 Å². The first-order valence-electron chi connectivity index (χ1n) is 9.20. The number of aliphatic imine (C=N–C) groups is 1. The number of nitrogens with zero attached hydrogens (tertiary/aromatic N) is 1. The average Bonchev–Trinajstić information content (AvgIpc) is 2.53. The maximum atomic E-state index is 12.0. The van der Waals surface area contributed by atoms with Gasteiger partial charge >= 0.3 is 6.09 Å². The van der Waals surface area contributed by atoms with Crippen LogP contribution in [0.4, 0.5) is 4.79 Å². The van der Waals surface area contributed by atoms with Crippen molar-refractivity contribution in [2.75, 3.05) is 47.1 Å². The van der Waals surface area contributed by atoms with Crippen molar-refractivity contribution in [2.45, 2.75) is 52.7 Å². The van der Waals surface area contributed by atoms with E-state index in [0.29, 0.717) is 32.3 Å². The minimum Gasteiger partial charge on any atom is -0.444 e. The maximum absolute atomic E-state index is 12.0. The minimum atomic E-state index is -0.512. The third-order valence-corrected chi connectivity index (χ3v) is 3.41. The van der Waals surface area contributed by atoms with Crippen molar-refractivity contribution in [3.8, 4) is 0 Å². The summed E-state index contributed by atoms with van der Waals surface area (Å²) in [5.41, 5.74) is -0.512. The number of carbonyl (C=O) groups excluding carboxylic acids is 1. The molecule has 1 amide bonds. The summed E-state index contributed by atoms with van der Waals surface area (Å²) >= 11 is 0. The van der Waals surface area contributed by atoms with Gasteiger partial charge in [-0.25, -0.2) is 4.79 Å². The van der Waals surface area contributed by atoms with E-state index in [2.05, 4.69) is 34.8 Å². The molecule has 9 heteroatoms. The molecule has 27 heavy (non-hydrogen) atoms. The number of nitrogens with one attached hydrogen (secondary N) is 3. The summed E-state index contributed by atoms with van der Waals surface area (Å²) in [6, 6.07) is -0.0687. The molecule has 0 heterocycles. The molecule has 1 atom stereocenters. The van der Waals surface area contributed by atoms with Gasteiger partial charge in [-0.05, 0) is 33.1 Å². The summed E-state index contributed by atoms with van der Waals surface area (Å²) in [6.07, 6.45) is 0.461. The number of hydrogen-bond donors (Lipinski definition) is 3. The zero-order valence-corrected chi connectivity index (χ0v) is 20.2. The third kappa shape index (κ3) is 17.0. The molecule has 0 aromatic heterocycles. The fourth-order valence-corrected chi connectivity index (χ4v) is 1.96. The Morgan fingerprint density at radius 2 is 1.78 bits per heavy atom. The molecular formula is C18H39IN4O4. The molecule has 0 aliphatic carbocycles. The zero-order chi connectivity index (χ0) is 20.0. The summed E-state index contributed by atoms with van der Waals surface area (Å²) in [6.45, 7) is 12.8. The lowest BCUT2D eigenvalue weighted by Gasteiger charge is -2.26. The van der Waals surface area contributed by atoms with E-state index >= 15 is 0 Å². The molecule has 0 spiro atoms. The Labute approximate surface area is 181 Å². The predicted octanol–water partition coefficient (Wildman–Crippen LogP) is 2.37. The second kappa shape index (κ2) is 16.2. The fourth-order valence-electron chi connectivity index (χ4n) is 1.96. The van der Waals surface area contributed by atoms with Gasteiger partial charge in [0.1, 0.15) is 5.60 Å². The van der Waals surface area contributed by atoms with Gasteiger partial charge in [0.05, 0.1) is 19.3 Å². The van der Waals surface area contributed by atoms with Gasteiger partial charge in [0.15, 0.2) is 5.96 Å². The normalized spacial score (nSPS) is 13.0. The Morgan fingerprint density at radius 1 is 1.11 bits per heavy atom. The highest BCUT2D eigenvalue weighted by molar-refractivity contribution is 14.0. The molecule has 162 valence electrons. The molecule has 1 unspecified atom stereocenters. The second-order valence-electron chi connectivity index (χ2n) is 7.34. The van der Waals surface area contributed by atoms with E-state index in [0.717, 1.165) is 13.0 Å². The molecule has 8 nitrogen and oxygen atoms in total. The summed E-state index contributed by atoms with van der Waals surface area (Å²) < 4.78 is 15.7. The Balaban J connectivity index is 0. The van der Waals surface area contributed by atoms with Crippen LogP contribution in [0.15, 0.2) is 4.99 Å². The quantitative estimate of drug-likeness (QED) is 0.174. The van der Waals surface area contributed by atoms with E-state index < -0.39 is 11.7 Å². The molecule has 3 N–H and O–H groups in total. The van der Waals surface area contributed by atoms with Gasteiger partial charge < -0.3 is 30.2 Å². The van der Waals surface area contributed by atoms with Gasteiger partial charge in [-0.15, -0.1) is 24.0 Å². The van der Waals surface area contributed by atoms with Crippen molar-refractivity contribution < 1.29 is 19.0 Å². The van der Waals surface area contributed by atoms with Crippen molar-refractivity contribution >= 4 is 36.0 Å². The van der Waals surface area contributed by atoms with Crippen molar-refractivity contribution in [3.05, 3.63) is 0 Å². The highest BCUT2D eigenvalue weighted by Gasteiger charge is 2.21. The minimum absolute atomic E-state index is 0. The largest absolute Gasteiger partial charge is 0.444 e. The van der Waals surface area contributed by atoms with E-state index in [4.69, 9.17) is 14.2 Å². The van der Waals surface area contributed by atoms with Crippen LogP contribution in [-0.4, -0.2) is 70.8 Å². The molecule has 0 aliphatic rings. The predicted molar refractivity (Wildman–Crippen MR) is 120 cm³/mol. The molecule has 0 aliphatic heterocycles. The molecule has 0 saturated carbocycles. The van der Waals surface area contributed by atoms with Gasteiger partial charge in [-0.3, -0.25) is 4.99 Å². The number of halogens is 1. The molecule has 0 rings (SSSR count). The Kier molecular flexibility index (Phi) is 17.0. The van der Waals surface area contributed by atoms with Crippen LogP contribution in [0.5, 0.6) is 0 Å². The summed E-state index contributed by atoms with van der Waals surface area (Å²) in [7, 11) is 3.37. The smallest absolute Gasteiger partial charge is 0.407 e. The third-order valence-electron chi connectivity index (χ3n) is 3.41. The van der Waals surface area contributed by atoms with Crippen LogP contribution in [0.25, 0.3) is 0 Å². The zero-order valence-electron chi connectivity index (χ0n) is 17.9. The van der Waals surface area contributed by atoms with Crippen LogP contribution in [0.1, 0.15) is 41.0 Å². The van der Waals surface area contributed by atoms with Crippen molar-refractivity contribution in [1.82, 2.24) is 16.0 Å². The molecule has 0 aromatic carbocycles. The van der Waals surface area contributed by atoms with Gasteiger partial charge in [-0.1, -0.05) is 13.8 Å². The first kappa shape index (κ1) is 28.4. The van der Waals surface area contributed by atoms with E-state index in [1.807, 2.05) is 20.8 Å². The number of methoxy groups -OCH3 is 1. The van der Waals surface area contributed by atoms with E-state index in [1.54, 1.807) is 14.2 Å². The van der Waals surface area contributed by atoms with E-state index in [9.17, 15) is 4.79 Å². The van der Waals surface area contributed by atoms with Crippen LogP contribution >= 0.6 is 24.0 Å². The Morgan fingerprint density at radius 3 is 2.30 bits per heavy atom. The number of guanidine groups is 1. The molecule has 0 fully saturated rings. The van der Waals surface area contributed by atoms with Crippen LogP contribution in [0, 0.1) is 5.92 Å². The van der Waals surface area contributed by atoms with Crippen molar-refractivity contribution in [3.63, 3.8) is 0 Å². The average molecular weight is 502 g/mol. The number of ether oxygens (including phenoxy) is 3. The first-order chi connectivity index (χ1) is 12.2. The van der Waals surface area contributed by atoms with Gasteiger partial charge in [0.2, 0.25) is 0 Å². The Hall–Kier alpha value is -0.810. The summed E-state index contributed by atoms with van der Waals surface area (Å²) in [4.78, 5) is 16.2. The fraction of sp³-hybridized carbons (Fsp3) is 0.889. The number of alkyl carbamates (subject to hydrolysis) is 1. The van der Waals surface area contributed by atoms with Crippen LogP contribution in [-0.2, 0) is 14.2 Å². The lowest BCUT2D eigenvalue weighted by molar-refractivity contribution is 0.0491. The molecule has 0 saturated heterocycles. The number of rotatable bonds is 11. The SMILES string of the molecule is CN=C(NCCCOCCOC)NCC(NC(=O)OC(C)(C)C)C(C)C.I. The van der Waals surface area contributed by atoms with Crippen LogP contribution in [0.3, 0.4) is 0 Å². The van der Waals surface area contributed by atoms with E-state index in [1.165, 1.54) is 0 Å². The number of carbonyl (C=O) groups is 1. The topological polar surface area (TPSA) is 93.2 Å². The first-order valence-corrected chi connectivity index (χ1v) is 9.20. The summed E-state index contributed by atoms with van der Waals surface area (Å²) in [5.74, 6) is 0.945. The molecular weight excluding hydrogens is 463 g/mol. The lowest BCUT2D eigenvalue weighted by Crippen LogP contribution is -2.50. The van der Waals surface area contributed by atoms with E-state index in [-0.39, 0.29) is 35.9 Å². The van der Waals surface area contributed by atoms with Crippen molar-refractivity contribution in [2.24, 2.45) is 10.9 Å². The van der Waals surface area contributed by atoms with Gasteiger partial charge in [-0.2, -0.15) is 0 Å². The highest BCUT2D eigenvalue weighted by atomic mass is 127. The lowest BCUT2D eigenvalue weighted by atomic mass is 10.0. The van der Waals surface area contributed by atoms with Crippen molar-refractivity contribution in [1.29, 1.82) is 0 Å². The molecule has 0 aromatic rings. The monoisotopic (exact) mass is 502 g/mol. The highest BCUT2D eigenvalue weighted by Crippen LogP contribution is 2.08.